The molecule has 0 aromatic carbocycles. The number of hydrogen-bond acceptors (Lipinski definition) is 1. The molecule has 1 fully saturated rings. The van der Waals surface area contributed by atoms with Crippen molar-refractivity contribution in [2.24, 2.45) is 0 Å². The summed E-state index contributed by atoms with van der Waals surface area (Å²) in [7, 11) is 0. The smallest absolute Gasteiger partial charge is 0.0164 e. The molecule has 1 aliphatic rings. The molecule has 1 nitrogen and oxygen atoms in total. The van der Waals surface area contributed by atoms with Gasteiger partial charge in [0.05, 0.1) is 0 Å². The monoisotopic (exact) mass is 97.1 g/mol. The van der Waals surface area contributed by atoms with Crippen molar-refractivity contribution < 1.29 is 0 Å². The molecule has 0 aliphatic carbocycles. The molecule has 0 amide bonds. The third kappa shape index (κ3) is 1.74. The van der Waals surface area contributed by atoms with Crippen molar-refractivity contribution >= 4 is 0 Å². The second-order valence-electron chi connectivity index (χ2n) is 1.87. The highest BCUT2D eigenvalue weighted by molar-refractivity contribution is 4.86. The van der Waals surface area contributed by atoms with Crippen molar-refractivity contribution in [2.75, 3.05) is 19.6 Å². The quantitative estimate of drug-likeness (QED) is 0.365. The Kier molecular flexibility index (Phi) is 1.47. The topological polar surface area (TPSA) is 3.01 Å². The molecule has 0 aromatic heterocycles. The van der Waals surface area contributed by atoms with Gasteiger partial charge in [-0.3, -0.25) is 4.90 Å². The molecule has 0 spiro atoms. The summed E-state index contributed by atoms with van der Waals surface area (Å²) in [5.41, 5.74) is 0. The fourth-order valence-corrected chi connectivity index (χ4v) is 0.508. The van der Waals surface area contributed by atoms with Gasteiger partial charge in [0.1, 0.15) is 0 Å². The van der Waals surface area contributed by atoms with Gasteiger partial charge in [0.25, 0.3) is 0 Å². The highest BCUT2D eigenvalue weighted by atomic mass is 15.2. The molecule has 0 aromatic rings. The second kappa shape index (κ2) is 2.12. The molecule has 0 atom stereocenters. The lowest BCUT2D eigenvalue weighted by molar-refractivity contribution is 0.628. The van der Waals surface area contributed by atoms with E-state index in [0.717, 1.165) is 6.54 Å². The first-order chi connectivity index (χ1) is 3.43. The van der Waals surface area contributed by atoms with Crippen LogP contribution in [0.4, 0.5) is 0 Å². The van der Waals surface area contributed by atoms with E-state index in [-0.39, 0.29) is 0 Å². The fraction of sp³-hybridized carbons (Fsp3) is 0.667. The normalized spacial score (nSPS) is 21.3. The van der Waals surface area contributed by atoms with Crippen LogP contribution in [0.1, 0.15) is 6.92 Å². The van der Waals surface area contributed by atoms with Crippen molar-refractivity contribution in [3.05, 3.63) is 12.2 Å². The molecule has 1 saturated heterocycles. The highest BCUT2D eigenvalue weighted by Crippen LogP contribution is 2.00. The summed E-state index contributed by atoms with van der Waals surface area (Å²) in [5.74, 6) is 0. The van der Waals surface area contributed by atoms with Gasteiger partial charge in [-0.15, -0.1) is 0 Å². The van der Waals surface area contributed by atoms with Crippen LogP contribution in [0, 0.1) is 0 Å². The average Bonchev–Trinajstić information content (AvgIpc) is 2.42. The van der Waals surface area contributed by atoms with Gasteiger partial charge in [0.15, 0.2) is 0 Å². The van der Waals surface area contributed by atoms with Gasteiger partial charge >= 0.3 is 0 Å². The second-order valence-corrected chi connectivity index (χ2v) is 1.87. The van der Waals surface area contributed by atoms with E-state index in [2.05, 4.69) is 24.0 Å². The fourth-order valence-electron chi connectivity index (χ4n) is 0.508. The standard InChI is InChI=1S/C6H11N/c1-2-3-4-7-5-6-7/h2-3H,4-6H2,1H3/b3-2-. The number of allylic oxidation sites excluding steroid dienone is 1. The van der Waals surface area contributed by atoms with Crippen molar-refractivity contribution in [2.45, 2.75) is 6.92 Å². The van der Waals surface area contributed by atoms with Crippen molar-refractivity contribution in [3.63, 3.8) is 0 Å². The van der Waals surface area contributed by atoms with E-state index in [1.165, 1.54) is 13.1 Å². The number of hydrogen-bond donors (Lipinski definition) is 0. The molecule has 0 unspecified atom stereocenters. The Morgan fingerprint density at radius 2 is 2.29 bits per heavy atom. The van der Waals surface area contributed by atoms with Crippen LogP contribution in [0.3, 0.4) is 0 Å². The van der Waals surface area contributed by atoms with E-state index in [1.807, 2.05) is 0 Å². The molecular weight excluding hydrogens is 86.1 g/mol. The molecule has 0 radical (unpaired) electrons. The van der Waals surface area contributed by atoms with Crippen LogP contribution < -0.4 is 0 Å². The van der Waals surface area contributed by atoms with E-state index < -0.39 is 0 Å². The third-order valence-corrected chi connectivity index (χ3v) is 1.14. The Hall–Kier alpha value is -0.300. The largest absolute Gasteiger partial charge is 0.297 e. The lowest BCUT2D eigenvalue weighted by Crippen LogP contribution is -1.92. The first-order valence-corrected chi connectivity index (χ1v) is 2.77. The van der Waals surface area contributed by atoms with Crippen LogP contribution in [-0.4, -0.2) is 24.5 Å². The summed E-state index contributed by atoms with van der Waals surface area (Å²) in [6, 6.07) is 0. The minimum atomic E-state index is 1.16. The van der Waals surface area contributed by atoms with Gasteiger partial charge in [-0.1, -0.05) is 12.2 Å². The van der Waals surface area contributed by atoms with Crippen molar-refractivity contribution in [3.8, 4) is 0 Å². The minimum absolute atomic E-state index is 1.16. The Labute approximate surface area is 44.6 Å². The predicted molar refractivity (Wildman–Crippen MR) is 31.3 cm³/mol. The highest BCUT2D eigenvalue weighted by Gasteiger charge is 2.13. The van der Waals surface area contributed by atoms with Crippen LogP contribution >= 0.6 is 0 Å². The van der Waals surface area contributed by atoms with Crippen LogP contribution in [0.25, 0.3) is 0 Å². The van der Waals surface area contributed by atoms with Crippen LogP contribution in [0.2, 0.25) is 0 Å². The van der Waals surface area contributed by atoms with Gasteiger partial charge < -0.3 is 0 Å². The maximum atomic E-state index is 2.38. The summed E-state index contributed by atoms with van der Waals surface area (Å²) >= 11 is 0. The summed E-state index contributed by atoms with van der Waals surface area (Å²) in [6.45, 7) is 5.84. The molecule has 1 heterocycles. The zero-order chi connectivity index (χ0) is 5.11. The lowest BCUT2D eigenvalue weighted by atomic mass is 10.5. The number of rotatable bonds is 2. The van der Waals surface area contributed by atoms with Crippen LogP contribution in [0.15, 0.2) is 12.2 Å². The summed E-state index contributed by atoms with van der Waals surface area (Å²) in [4.78, 5) is 2.38. The van der Waals surface area contributed by atoms with E-state index in [4.69, 9.17) is 0 Å². The molecule has 7 heavy (non-hydrogen) atoms. The molecule has 0 saturated carbocycles. The van der Waals surface area contributed by atoms with E-state index in [1.54, 1.807) is 0 Å². The van der Waals surface area contributed by atoms with Gasteiger partial charge in [-0.25, -0.2) is 0 Å². The van der Waals surface area contributed by atoms with Gasteiger partial charge in [-0.05, 0) is 6.92 Å². The van der Waals surface area contributed by atoms with Crippen molar-refractivity contribution in [1.29, 1.82) is 0 Å². The maximum Gasteiger partial charge on any atom is 0.0164 e. The summed E-state index contributed by atoms with van der Waals surface area (Å²) in [6.07, 6.45) is 4.28. The van der Waals surface area contributed by atoms with Gasteiger partial charge in [0, 0.05) is 19.6 Å². The molecule has 1 aliphatic heterocycles. The SMILES string of the molecule is C/C=C\CN1CC1. The molecule has 40 valence electrons. The lowest BCUT2D eigenvalue weighted by Gasteiger charge is -1.86. The third-order valence-electron chi connectivity index (χ3n) is 1.14. The van der Waals surface area contributed by atoms with Gasteiger partial charge in [0.2, 0.25) is 0 Å². The predicted octanol–water partition coefficient (Wildman–Crippen LogP) is 0.878. The van der Waals surface area contributed by atoms with E-state index >= 15 is 0 Å². The Morgan fingerprint density at radius 1 is 1.57 bits per heavy atom. The molecular formula is C6H11N. The molecule has 1 heteroatoms. The molecule has 1 rings (SSSR count). The van der Waals surface area contributed by atoms with Crippen LogP contribution in [0.5, 0.6) is 0 Å². The molecule has 0 bridgehead atoms. The molecule has 0 N–H and O–H groups in total. The Morgan fingerprint density at radius 3 is 2.71 bits per heavy atom. The maximum absolute atomic E-state index is 2.38. The minimum Gasteiger partial charge on any atom is -0.297 e. The van der Waals surface area contributed by atoms with Crippen molar-refractivity contribution in [1.82, 2.24) is 4.90 Å². The average molecular weight is 97.2 g/mol. The van der Waals surface area contributed by atoms with Gasteiger partial charge in [-0.2, -0.15) is 0 Å². The van der Waals surface area contributed by atoms with E-state index in [9.17, 15) is 0 Å². The zero-order valence-corrected chi connectivity index (χ0v) is 4.72. The first-order valence-electron chi connectivity index (χ1n) is 2.77. The zero-order valence-electron chi connectivity index (χ0n) is 4.72. The number of nitrogens with zero attached hydrogens (tertiary/aromatic N) is 1. The first kappa shape index (κ1) is 4.85. The van der Waals surface area contributed by atoms with Crippen LogP contribution in [-0.2, 0) is 0 Å². The van der Waals surface area contributed by atoms with E-state index in [0.29, 0.717) is 0 Å². The summed E-state index contributed by atoms with van der Waals surface area (Å²) < 4.78 is 0. The Balaban J connectivity index is 1.98. The Bertz CT molecular complexity index is 72.2. The summed E-state index contributed by atoms with van der Waals surface area (Å²) in [5, 5.41) is 0.